The topological polar surface area (TPSA) is 69.6 Å². The number of aliphatic carboxylic acids is 1. The van der Waals surface area contributed by atoms with Gasteiger partial charge in [-0.2, -0.15) is 0 Å². The summed E-state index contributed by atoms with van der Waals surface area (Å²) in [6, 6.07) is -0.152. The third kappa shape index (κ3) is 3.61. The number of hydrogen-bond acceptors (Lipinski definition) is 2. The van der Waals surface area contributed by atoms with Gasteiger partial charge in [0.05, 0.1) is 0 Å². The van der Waals surface area contributed by atoms with Crippen molar-refractivity contribution in [1.82, 2.24) is 10.2 Å². The van der Waals surface area contributed by atoms with E-state index in [9.17, 15) is 9.59 Å². The largest absolute Gasteiger partial charge is 0.480 e. The average Bonchev–Trinajstić information content (AvgIpc) is 2.80. The van der Waals surface area contributed by atoms with E-state index in [4.69, 9.17) is 5.11 Å². The standard InChI is InChI=1S/C12H22N2O3/c1-5-8(2)14(7-10(15)16)11(17)13-9-6-12(9,3)4/h8-9H,5-7H2,1-4H3,(H,13,17)(H,15,16). The maximum absolute atomic E-state index is 12.0. The van der Waals surface area contributed by atoms with E-state index in [-0.39, 0.29) is 30.1 Å². The van der Waals surface area contributed by atoms with Crippen LogP contribution in [-0.2, 0) is 4.79 Å². The van der Waals surface area contributed by atoms with Crippen LogP contribution in [0.25, 0.3) is 0 Å². The molecule has 0 aromatic carbocycles. The van der Waals surface area contributed by atoms with Gasteiger partial charge in [0, 0.05) is 12.1 Å². The predicted molar refractivity (Wildman–Crippen MR) is 64.8 cm³/mol. The molecule has 2 unspecified atom stereocenters. The molecule has 0 spiro atoms. The summed E-state index contributed by atoms with van der Waals surface area (Å²) in [4.78, 5) is 24.1. The van der Waals surface area contributed by atoms with Crippen molar-refractivity contribution in [2.24, 2.45) is 5.41 Å². The summed E-state index contributed by atoms with van der Waals surface area (Å²) < 4.78 is 0. The summed E-state index contributed by atoms with van der Waals surface area (Å²) in [6.45, 7) is 7.73. The molecule has 1 fully saturated rings. The third-order valence-corrected chi connectivity index (χ3v) is 3.50. The number of hydrogen-bond donors (Lipinski definition) is 2. The molecule has 17 heavy (non-hydrogen) atoms. The van der Waals surface area contributed by atoms with Crippen LogP contribution in [0.4, 0.5) is 4.79 Å². The Morgan fingerprint density at radius 1 is 1.53 bits per heavy atom. The molecule has 5 nitrogen and oxygen atoms in total. The van der Waals surface area contributed by atoms with Gasteiger partial charge in [0.1, 0.15) is 6.54 Å². The van der Waals surface area contributed by atoms with Crippen LogP contribution in [0.2, 0.25) is 0 Å². The molecule has 5 heteroatoms. The van der Waals surface area contributed by atoms with Gasteiger partial charge in [-0.3, -0.25) is 4.79 Å². The second-order valence-electron chi connectivity index (χ2n) is 5.47. The summed E-state index contributed by atoms with van der Waals surface area (Å²) >= 11 is 0. The first-order chi connectivity index (χ1) is 7.77. The summed E-state index contributed by atoms with van der Waals surface area (Å²) in [5.74, 6) is -0.976. The Kier molecular flexibility index (Phi) is 4.01. The molecule has 0 saturated heterocycles. The second-order valence-corrected chi connectivity index (χ2v) is 5.47. The van der Waals surface area contributed by atoms with Gasteiger partial charge in [0.2, 0.25) is 0 Å². The lowest BCUT2D eigenvalue weighted by molar-refractivity contribution is -0.138. The molecule has 2 N–H and O–H groups in total. The highest BCUT2D eigenvalue weighted by Gasteiger charge is 2.47. The van der Waals surface area contributed by atoms with Crippen molar-refractivity contribution in [3.05, 3.63) is 0 Å². The van der Waals surface area contributed by atoms with Crippen molar-refractivity contribution >= 4 is 12.0 Å². The van der Waals surface area contributed by atoms with Crippen LogP contribution in [-0.4, -0.2) is 40.6 Å². The molecule has 1 saturated carbocycles. The highest BCUT2D eigenvalue weighted by Crippen LogP contribution is 2.44. The summed E-state index contributed by atoms with van der Waals surface area (Å²) in [5, 5.41) is 11.7. The Bertz CT molecular complexity index is 315. The van der Waals surface area contributed by atoms with Crippen LogP contribution in [0.1, 0.15) is 40.5 Å². The zero-order chi connectivity index (χ0) is 13.2. The SMILES string of the molecule is CCC(C)N(CC(=O)O)C(=O)NC1CC1(C)C. The Balaban J connectivity index is 2.57. The van der Waals surface area contributed by atoms with E-state index in [0.717, 1.165) is 12.8 Å². The zero-order valence-electron chi connectivity index (χ0n) is 11.0. The highest BCUT2D eigenvalue weighted by atomic mass is 16.4. The fourth-order valence-corrected chi connectivity index (χ4v) is 1.74. The van der Waals surface area contributed by atoms with Crippen molar-refractivity contribution in [2.45, 2.75) is 52.6 Å². The third-order valence-electron chi connectivity index (χ3n) is 3.50. The Labute approximate surface area is 102 Å². The molecule has 0 aliphatic heterocycles. The minimum atomic E-state index is -0.976. The van der Waals surface area contributed by atoms with E-state index in [1.54, 1.807) is 0 Å². The number of carbonyl (C=O) groups is 2. The first-order valence-corrected chi connectivity index (χ1v) is 6.07. The van der Waals surface area contributed by atoms with Crippen LogP contribution >= 0.6 is 0 Å². The van der Waals surface area contributed by atoms with Gasteiger partial charge in [-0.1, -0.05) is 20.8 Å². The molecular formula is C12H22N2O3. The Morgan fingerprint density at radius 3 is 2.41 bits per heavy atom. The number of nitrogens with zero attached hydrogens (tertiary/aromatic N) is 1. The van der Waals surface area contributed by atoms with Crippen LogP contribution in [0, 0.1) is 5.41 Å². The molecule has 1 aliphatic carbocycles. The minimum Gasteiger partial charge on any atom is -0.480 e. The first kappa shape index (κ1) is 13.8. The van der Waals surface area contributed by atoms with Gasteiger partial charge in [-0.25, -0.2) is 4.79 Å². The van der Waals surface area contributed by atoms with Crippen LogP contribution < -0.4 is 5.32 Å². The Morgan fingerprint density at radius 2 is 2.06 bits per heavy atom. The number of rotatable bonds is 5. The van der Waals surface area contributed by atoms with E-state index in [1.165, 1.54) is 4.90 Å². The molecule has 98 valence electrons. The van der Waals surface area contributed by atoms with E-state index in [1.807, 2.05) is 13.8 Å². The van der Waals surface area contributed by atoms with Gasteiger partial charge in [-0.15, -0.1) is 0 Å². The van der Waals surface area contributed by atoms with Crippen molar-refractivity contribution in [3.8, 4) is 0 Å². The summed E-state index contributed by atoms with van der Waals surface area (Å²) in [7, 11) is 0. The number of carboxylic acids is 1. The maximum Gasteiger partial charge on any atom is 0.323 e. The fourth-order valence-electron chi connectivity index (χ4n) is 1.74. The normalized spacial score (nSPS) is 22.7. The number of amides is 2. The first-order valence-electron chi connectivity index (χ1n) is 6.07. The smallest absolute Gasteiger partial charge is 0.323 e. The Hall–Kier alpha value is -1.26. The van der Waals surface area contributed by atoms with Crippen LogP contribution in [0.5, 0.6) is 0 Å². The quantitative estimate of drug-likeness (QED) is 0.770. The van der Waals surface area contributed by atoms with Gasteiger partial charge < -0.3 is 15.3 Å². The van der Waals surface area contributed by atoms with Gasteiger partial charge in [-0.05, 0) is 25.2 Å². The molecule has 2 amide bonds. The number of nitrogens with one attached hydrogen (secondary N) is 1. The molecule has 0 aromatic heterocycles. The van der Waals surface area contributed by atoms with Crippen molar-refractivity contribution in [1.29, 1.82) is 0 Å². The highest BCUT2D eigenvalue weighted by molar-refractivity contribution is 5.80. The molecule has 0 aromatic rings. The predicted octanol–water partition coefficient (Wildman–Crippen LogP) is 1.68. The maximum atomic E-state index is 12.0. The summed E-state index contributed by atoms with van der Waals surface area (Å²) in [6.07, 6.45) is 1.70. The lowest BCUT2D eigenvalue weighted by Crippen LogP contribution is -2.48. The lowest BCUT2D eigenvalue weighted by Gasteiger charge is -2.27. The van der Waals surface area contributed by atoms with Crippen molar-refractivity contribution in [3.63, 3.8) is 0 Å². The fraction of sp³-hybridized carbons (Fsp3) is 0.833. The lowest BCUT2D eigenvalue weighted by atomic mass is 10.2. The number of urea groups is 1. The monoisotopic (exact) mass is 242 g/mol. The van der Waals surface area contributed by atoms with Crippen LogP contribution in [0.3, 0.4) is 0 Å². The average molecular weight is 242 g/mol. The van der Waals surface area contributed by atoms with E-state index in [2.05, 4.69) is 19.2 Å². The molecule has 1 rings (SSSR count). The molecule has 0 radical (unpaired) electrons. The molecule has 1 aliphatic rings. The molecule has 0 bridgehead atoms. The van der Waals surface area contributed by atoms with E-state index in [0.29, 0.717) is 0 Å². The second kappa shape index (κ2) is 4.94. The van der Waals surface area contributed by atoms with Crippen molar-refractivity contribution < 1.29 is 14.7 Å². The van der Waals surface area contributed by atoms with Gasteiger partial charge in [0.25, 0.3) is 0 Å². The minimum absolute atomic E-state index is 0.0621. The number of carbonyl (C=O) groups excluding carboxylic acids is 1. The zero-order valence-corrected chi connectivity index (χ0v) is 11.0. The van der Waals surface area contributed by atoms with Crippen molar-refractivity contribution in [2.75, 3.05) is 6.54 Å². The van der Waals surface area contributed by atoms with Gasteiger partial charge >= 0.3 is 12.0 Å². The van der Waals surface area contributed by atoms with Crippen LogP contribution in [0.15, 0.2) is 0 Å². The van der Waals surface area contributed by atoms with E-state index < -0.39 is 5.97 Å². The molecular weight excluding hydrogens is 220 g/mol. The van der Waals surface area contributed by atoms with Gasteiger partial charge in [0.15, 0.2) is 0 Å². The molecule has 2 atom stereocenters. The van der Waals surface area contributed by atoms with E-state index >= 15 is 0 Å². The summed E-state index contributed by atoms with van der Waals surface area (Å²) in [5.41, 5.74) is 0.153. The number of carboxylic acid groups (broad SMARTS) is 1. The molecule has 0 heterocycles.